The van der Waals surface area contributed by atoms with Crippen molar-refractivity contribution in [1.29, 1.82) is 0 Å². The summed E-state index contributed by atoms with van der Waals surface area (Å²) in [5.41, 5.74) is 7.03. The second kappa shape index (κ2) is 6.86. The van der Waals surface area contributed by atoms with Gasteiger partial charge in [0.2, 0.25) is 0 Å². The zero-order valence-electron chi connectivity index (χ0n) is 14.4. The Morgan fingerprint density at radius 1 is 1.11 bits per heavy atom. The van der Waals surface area contributed by atoms with Gasteiger partial charge in [0.25, 0.3) is 6.01 Å². The number of nitrogens with zero attached hydrogens (tertiary/aromatic N) is 2. The Morgan fingerprint density at radius 2 is 1.89 bits per heavy atom. The number of halogens is 3. The number of morpholine rings is 1. The fourth-order valence-corrected chi connectivity index (χ4v) is 3.34. The van der Waals surface area contributed by atoms with Crippen molar-refractivity contribution in [1.82, 2.24) is 9.88 Å². The number of nitrogen functional groups attached to an aromatic ring is 1. The summed E-state index contributed by atoms with van der Waals surface area (Å²) in [7, 11) is 0. The van der Waals surface area contributed by atoms with Crippen LogP contribution in [0, 0.1) is 0 Å². The number of hydrogen-bond donors (Lipinski definition) is 1. The Kier molecular flexibility index (Phi) is 4.53. The Hall–Kier alpha value is -2.58. The third-order valence-corrected chi connectivity index (χ3v) is 4.66. The van der Waals surface area contributed by atoms with E-state index in [-0.39, 0.29) is 18.1 Å². The summed E-state index contributed by atoms with van der Waals surface area (Å²) in [5, 5.41) is 0. The van der Waals surface area contributed by atoms with Gasteiger partial charge in [-0.25, -0.2) is 0 Å². The Morgan fingerprint density at radius 3 is 2.63 bits per heavy atom. The molecule has 0 spiro atoms. The second-order valence-corrected chi connectivity index (χ2v) is 6.46. The van der Waals surface area contributed by atoms with Gasteiger partial charge in [-0.2, -0.15) is 18.2 Å². The van der Waals surface area contributed by atoms with Gasteiger partial charge < -0.3 is 14.9 Å². The maximum Gasteiger partial charge on any atom is 0.416 e. The lowest BCUT2D eigenvalue weighted by Crippen LogP contribution is -2.36. The molecule has 27 heavy (non-hydrogen) atoms. The molecule has 142 valence electrons. The summed E-state index contributed by atoms with van der Waals surface area (Å²) in [5.74, 6) is 0. The third-order valence-electron chi connectivity index (χ3n) is 4.66. The van der Waals surface area contributed by atoms with Crippen molar-refractivity contribution in [2.24, 2.45) is 0 Å². The fourth-order valence-electron chi connectivity index (χ4n) is 3.34. The molecule has 0 atom stereocenters. The molecule has 0 radical (unpaired) electrons. The molecular weight excluding hydrogens is 359 g/mol. The lowest BCUT2D eigenvalue weighted by atomic mass is 9.97. The van der Waals surface area contributed by atoms with Crippen LogP contribution in [0.3, 0.4) is 0 Å². The van der Waals surface area contributed by atoms with E-state index in [1.54, 1.807) is 24.3 Å². The number of alkyl halides is 3. The highest BCUT2D eigenvalue weighted by Gasteiger charge is 2.34. The lowest BCUT2D eigenvalue weighted by Gasteiger charge is -2.27. The van der Waals surface area contributed by atoms with Gasteiger partial charge in [0.05, 0.1) is 18.8 Å². The molecule has 0 amide bonds. The lowest BCUT2D eigenvalue weighted by molar-refractivity contribution is -0.138. The van der Waals surface area contributed by atoms with Crippen LogP contribution < -0.4 is 5.73 Å². The molecule has 2 N–H and O–H groups in total. The molecule has 0 aliphatic carbocycles. The molecule has 2 aromatic carbocycles. The quantitative estimate of drug-likeness (QED) is 0.749. The zero-order chi connectivity index (χ0) is 19.0. The van der Waals surface area contributed by atoms with E-state index in [9.17, 15) is 13.2 Å². The van der Waals surface area contributed by atoms with E-state index in [4.69, 9.17) is 14.9 Å². The summed E-state index contributed by atoms with van der Waals surface area (Å²) in [6, 6.07) is 9.49. The van der Waals surface area contributed by atoms with Crippen LogP contribution in [0.15, 0.2) is 40.8 Å². The summed E-state index contributed by atoms with van der Waals surface area (Å²) >= 11 is 0. The van der Waals surface area contributed by atoms with Crippen LogP contribution in [0.5, 0.6) is 0 Å². The number of para-hydroxylation sites is 1. The minimum atomic E-state index is -4.45. The van der Waals surface area contributed by atoms with Crippen LogP contribution in [0.1, 0.15) is 11.1 Å². The molecule has 3 aromatic rings. The van der Waals surface area contributed by atoms with Crippen molar-refractivity contribution in [2.75, 3.05) is 32.0 Å². The van der Waals surface area contributed by atoms with Crippen molar-refractivity contribution in [2.45, 2.75) is 12.7 Å². The maximum atomic E-state index is 13.7. The van der Waals surface area contributed by atoms with E-state index < -0.39 is 11.7 Å². The summed E-state index contributed by atoms with van der Waals surface area (Å²) in [6.45, 7) is 2.55. The molecule has 1 aliphatic rings. The van der Waals surface area contributed by atoms with Gasteiger partial charge in [-0.1, -0.05) is 24.3 Å². The van der Waals surface area contributed by atoms with E-state index in [0.717, 1.165) is 0 Å². The van der Waals surface area contributed by atoms with Crippen LogP contribution in [-0.2, 0) is 17.5 Å². The molecule has 1 aliphatic heterocycles. The maximum absolute atomic E-state index is 13.7. The van der Waals surface area contributed by atoms with Gasteiger partial charge in [0, 0.05) is 25.2 Å². The second-order valence-electron chi connectivity index (χ2n) is 6.46. The van der Waals surface area contributed by atoms with Crippen LogP contribution in [0.4, 0.5) is 19.2 Å². The number of oxazole rings is 1. The van der Waals surface area contributed by atoms with Gasteiger partial charge in [0.1, 0.15) is 5.52 Å². The van der Waals surface area contributed by atoms with E-state index in [0.29, 0.717) is 48.5 Å². The third kappa shape index (κ3) is 3.63. The first-order valence-electron chi connectivity index (χ1n) is 8.57. The summed E-state index contributed by atoms with van der Waals surface area (Å²) in [4.78, 5) is 6.00. The Labute approximate surface area is 153 Å². The van der Waals surface area contributed by atoms with Crippen LogP contribution >= 0.6 is 0 Å². The van der Waals surface area contributed by atoms with E-state index >= 15 is 0 Å². The van der Waals surface area contributed by atoms with Crippen molar-refractivity contribution in [3.05, 3.63) is 47.5 Å². The summed E-state index contributed by atoms with van der Waals surface area (Å²) in [6.07, 6.45) is -4.45. The van der Waals surface area contributed by atoms with Gasteiger partial charge >= 0.3 is 6.18 Å². The number of nitrogens with two attached hydrogens (primary N) is 1. The number of hydrogen-bond acceptors (Lipinski definition) is 5. The van der Waals surface area contributed by atoms with Crippen molar-refractivity contribution in [3.8, 4) is 11.1 Å². The highest BCUT2D eigenvalue weighted by Crippen LogP contribution is 2.37. The molecule has 4 rings (SSSR count). The number of anilines is 1. The van der Waals surface area contributed by atoms with Crippen molar-refractivity contribution in [3.63, 3.8) is 0 Å². The number of aromatic nitrogens is 1. The SMILES string of the molecule is Nc1nc2cccc(-c3ccc(CN4CCOCC4)c(C(F)(F)F)c3)c2o1. The first-order chi connectivity index (χ1) is 12.9. The monoisotopic (exact) mass is 377 g/mol. The van der Waals surface area contributed by atoms with Crippen molar-refractivity contribution >= 4 is 17.1 Å². The predicted molar refractivity (Wildman–Crippen MR) is 95.0 cm³/mol. The van der Waals surface area contributed by atoms with Crippen LogP contribution in [0.25, 0.3) is 22.2 Å². The minimum Gasteiger partial charge on any atom is -0.423 e. The highest BCUT2D eigenvalue weighted by molar-refractivity contribution is 5.91. The highest BCUT2D eigenvalue weighted by atomic mass is 19.4. The Balaban J connectivity index is 1.76. The largest absolute Gasteiger partial charge is 0.423 e. The number of fused-ring (bicyclic) bond motifs is 1. The topological polar surface area (TPSA) is 64.5 Å². The number of benzene rings is 2. The average molecular weight is 377 g/mol. The standard InChI is InChI=1S/C19H18F3N3O2/c20-19(21,22)15-10-12(4-5-13(15)11-25-6-8-26-9-7-25)14-2-1-3-16-17(14)27-18(23)24-16/h1-5,10H,6-9,11H2,(H2,23,24). The molecule has 1 saturated heterocycles. The Bertz CT molecular complexity index is 962. The van der Waals surface area contributed by atoms with Crippen LogP contribution in [-0.4, -0.2) is 36.2 Å². The van der Waals surface area contributed by atoms with Gasteiger partial charge in [-0.3, -0.25) is 4.90 Å². The zero-order valence-corrected chi connectivity index (χ0v) is 14.4. The molecule has 0 bridgehead atoms. The minimum absolute atomic E-state index is 0.0163. The summed E-state index contributed by atoms with van der Waals surface area (Å²) < 4.78 is 51.8. The molecular formula is C19H18F3N3O2. The van der Waals surface area contributed by atoms with Gasteiger partial charge in [0.15, 0.2) is 5.58 Å². The number of rotatable bonds is 3. The van der Waals surface area contributed by atoms with Gasteiger partial charge in [-0.05, 0) is 23.3 Å². The van der Waals surface area contributed by atoms with Crippen LogP contribution in [0.2, 0.25) is 0 Å². The molecule has 0 unspecified atom stereocenters. The molecule has 0 saturated carbocycles. The number of ether oxygens (including phenoxy) is 1. The average Bonchev–Trinajstić information content (AvgIpc) is 3.02. The molecule has 8 heteroatoms. The normalized spacial score (nSPS) is 16.1. The van der Waals surface area contributed by atoms with E-state index in [1.807, 2.05) is 4.90 Å². The molecule has 2 heterocycles. The van der Waals surface area contributed by atoms with Gasteiger partial charge in [-0.15, -0.1) is 0 Å². The smallest absolute Gasteiger partial charge is 0.416 e. The first kappa shape index (κ1) is 17.8. The first-order valence-corrected chi connectivity index (χ1v) is 8.57. The van der Waals surface area contributed by atoms with E-state index in [2.05, 4.69) is 4.98 Å². The molecule has 1 aromatic heterocycles. The van der Waals surface area contributed by atoms with Crippen molar-refractivity contribution < 1.29 is 22.3 Å². The fraction of sp³-hybridized carbons (Fsp3) is 0.316. The molecule has 1 fully saturated rings. The van der Waals surface area contributed by atoms with E-state index in [1.165, 1.54) is 12.1 Å². The predicted octanol–water partition coefficient (Wildman–Crippen LogP) is 3.93. The molecule has 5 nitrogen and oxygen atoms in total.